The van der Waals surface area contributed by atoms with E-state index in [9.17, 15) is 5.11 Å². The Labute approximate surface area is 93.9 Å². The number of hydrogen-bond donors (Lipinski definition) is 1. The van der Waals surface area contributed by atoms with Crippen LogP contribution in [0.15, 0.2) is 0 Å². The van der Waals surface area contributed by atoms with Gasteiger partial charge in [-0.1, -0.05) is 0 Å². The van der Waals surface area contributed by atoms with Crippen molar-refractivity contribution >= 4 is 0 Å². The third-order valence-corrected chi connectivity index (χ3v) is 2.81. The molecule has 0 aromatic rings. The molecule has 0 radical (unpaired) electrons. The molecule has 0 aliphatic rings. The lowest BCUT2D eigenvalue weighted by Crippen LogP contribution is -2.73. The van der Waals surface area contributed by atoms with Crippen molar-refractivity contribution in [3.8, 4) is 0 Å². The van der Waals surface area contributed by atoms with Gasteiger partial charge in [0.15, 0.2) is 12.0 Å². The van der Waals surface area contributed by atoms with Crippen LogP contribution < -0.4 is 0 Å². The Hall–Kier alpha value is -0.200. The van der Waals surface area contributed by atoms with Gasteiger partial charge < -0.3 is 5.11 Å². The molecule has 1 unspecified atom stereocenters. The Bertz CT molecular complexity index is 170. The van der Waals surface area contributed by atoms with Gasteiger partial charge in [-0.25, -0.2) is 0 Å². The van der Waals surface area contributed by atoms with Gasteiger partial charge in [-0.15, -0.1) is 0 Å². The molecule has 0 amide bonds. The highest BCUT2D eigenvalue weighted by Crippen LogP contribution is 2.23. The highest BCUT2D eigenvalue weighted by molar-refractivity contribution is 4.88. The van der Waals surface area contributed by atoms with Gasteiger partial charge in [0, 0.05) is 0 Å². The molecule has 0 aliphatic heterocycles. The molecule has 5 nitrogen and oxygen atoms in total. The van der Waals surface area contributed by atoms with Crippen LogP contribution in [0.5, 0.6) is 0 Å². The zero-order valence-electron chi connectivity index (χ0n) is 11.3. The standard InChI is InChI=1S/C10H26N4O/c1-11(2)9(15)10(12(3)4,13(5)6)14(7)8/h9,15H,1-8H3. The van der Waals surface area contributed by atoms with Crippen LogP contribution in [-0.2, 0) is 0 Å². The number of nitrogens with zero attached hydrogens (tertiary/aromatic N) is 4. The first-order valence-corrected chi connectivity index (χ1v) is 5.05. The molecule has 0 saturated heterocycles. The second-order valence-corrected chi connectivity index (χ2v) is 4.71. The molecule has 0 fully saturated rings. The molecule has 0 rings (SSSR count). The first kappa shape index (κ1) is 14.8. The maximum atomic E-state index is 10.3. The Balaban J connectivity index is 5.32. The van der Waals surface area contributed by atoms with Gasteiger partial charge in [-0.05, 0) is 56.4 Å². The molecule has 1 N–H and O–H groups in total. The van der Waals surface area contributed by atoms with E-state index in [1.807, 2.05) is 71.1 Å². The average molecular weight is 218 g/mol. The number of hydrogen-bond acceptors (Lipinski definition) is 5. The number of rotatable bonds is 5. The van der Waals surface area contributed by atoms with Crippen LogP contribution in [0, 0.1) is 0 Å². The van der Waals surface area contributed by atoms with E-state index in [-0.39, 0.29) is 0 Å². The Morgan fingerprint density at radius 3 is 1.07 bits per heavy atom. The zero-order valence-corrected chi connectivity index (χ0v) is 11.3. The van der Waals surface area contributed by atoms with Crippen molar-refractivity contribution in [1.29, 1.82) is 0 Å². The van der Waals surface area contributed by atoms with E-state index < -0.39 is 12.0 Å². The third kappa shape index (κ3) is 2.49. The summed E-state index contributed by atoms with van der Waals surface area (Å²) >= 11 is 0. The second kappa shape index (κ2) is 5.23. The normalized spacial score (nSPS) is 15.8. The quantitative estimate of drug-likeness (QED) is 0.611. The first-order chi connectivity index (χ1) is 6.68. The molecule has 0 aromatic heterocycles. The van der Waals surface area contributed by atoms with E-state index in [1.54, 1.807) is 4.90 Å². The lowest BCUT2D eigenvalue weighted by Gasteiger charge is -2.53. The van der Waals surface area contributed by atoms with Crippen molar-refractivity contribution in [3.05, 3.63) is 0 Å². The van der Waals surface area contributed by atoms with Crippen LogP contribution >= 0.6 is 0 Å². The maximum Gasteiger partial charge on any atom is 0.170 e. The minimum atomic E-state index is -0.600. The summed E-state index contributed by atoms with van der Waals surface area (Å²) < 4.78 is 0. The summed E-state index contributed by atoms with van der Waals surface area (Å²) in [5.74, 6) is -0.538. The summed E-state index contributed by atoms with van der Waals surface area (Å²) in [7, 11) is 15.5. The van der Waals surface area contributed by atoms with Gasteiger partial charge in [0.2, 0.25) is 0 Å². The summed E-state index contributed by atoms with van der Waals surface area (Å²) in [4.78, 5) is 7.84. The molecule has 0 aliphatic carbocycles. The van der Waals surface area contributed by atoms with Gasteiger partial charge in [0.25, 0.3) is 0 Å². The van der Waals surface area contributed by atoms with E-state index in [2.05, 4.69) is 0 Å². The SMILES string of the molecule is CN(C)C(O)C(N(C)C)(N(C)C)N(C)C. The Kier molecular flexibility index (Phi) is 5.16. The fraction of sp³-hybridized carbons (Fsp3) is 1.00. The predicted octanol–water partition coefficient (Wildman–Crippen LogP) is -0.795. The average Bonchev–Trinajstić information content (AvgIpc) is 2.02. The molecule has 1 atom stereocenters. The van der Waals surface area contributed by atoms with Crippen molar-refractivity contribution in [2.45, 2.75) is 12.0 Å². The summed E-state index contributed by atoms with van der Waals surface area (Å²) in [6, 6.07) is 0. The van der Waals surface area contributed by atoms with E-state index in [0.717, 1.165) is 0 Å². The topological polar surface area (TPSA) is 33.2 Å². The minimum Gasteiger partial charge on any atom is -0.373 e. The van der Waals surface area contributed by atoms with Crippen molar-refractivity contribution in [3.63, 3.8) is 0 Å². The second-order valence-electron chi connectivity index (χ2n) is 4.71. The van der Waals surface area contributed by atoms with Crippen LogP contribution in [0.2, 0.25) is 0 Å². The van der Waals surface area contributed by atoms with Gasteiger partial charge in [0.05, 0.1) is 0 Å². The van der Waals surface area contributed by atoms with E-state index in [4.69, 9.17) is 0 Å². The fourth-order valence-electron chi connectivity index (χ4n) is 2.24. The van der Waals surface area contributed by atoms with Crippen LogP contribution in [0.1, 0.15) is 0 Å². The van der Waals surface area contributed by atoms with Crippen LogP contribution in [0.4, 0.5) is 0 Å². The Morgan fingerprint density at radius 1 is 0.733 bits per heavy atom. The van der Waals surface area contributed by atoms with Crippen molar-refractivity contribution in [2.24, 2.45) is 0 Å². The third-order valence-electron chi connectivity index (χ3n) is 2.81. The summed E-state index contributed by atoms with van der Waals surface area (Å²) in [5.41, 5.74) is 0. The largest absolute Gasteiger partial charge is 0.373 e. The predicted molar refractivity (Wildman–Crippen MR) is 63.5 cm³/mol. The lowest BCUT2D eigenvalue weighted by molar-refractivity contribution is -0.219. The number of aliphatic hydroxyl groups excluding tert-OH is 1. The van der Waals surface area contributed by atoms with Crippen molar-refractivity contribution in [2.75, 3.05) is 56.4 Å². The van der Waals surface area contributed by atoms with E-state index in [1.165, 1.54) is 0 Å². The molecule has 0 heterocycles. The highest BCUT2D eigenvalue weighted by Gasteiger charge is 2.45. The smallest absolute Gasteiger partial charge is 0.170 e. The maximum absolute atomic E-state index is 10.3. The van der Waals surface area contributed by atoms with Gasteiger partial charge in [0.1, 0.15) is 0 Å². The van der Waals surface area contributed by atoms with Crippen LogP contribution in [-0.4, -0.2) is 93.1 Å². The summed E-state index contributed by atoms with van der Waals surface area (Å²) in [5, 5.41) is 10.3. The fourth-order valence-corrected chi connectivity index (χ4v) is 2.24. The number of likely N-dealkylation sites (N-methyl/N-ethyl adjacent to an activating group) is 4. The minimum absolute atomic E-state index is 0.538. The highest BCUT2D eigenvalue weighted by atomic mass is 16.3. The van der Waals surface area contributed by atoms with Gasteiger partial charge in [-0.2, -0.15) is 0 Å². The molecule has 0 aromatic carbocycles. The molecule has 5 heteroatoms. The Morgan fingerprint density at radius 2 is 1.00 bits per heavy atom. The molecule has 92 valence electrons. The molecule has 0 bridgehead atoms. The monoisotopic (exact) mass is 218 g/mol. The zero-order chi connectivity index (χ0) is 12.4. The molecule has 0 spiro atoms. The van der Waals surface area contributed by atoms with Gasteiger partial charge >= 0.3 is 0 Å². The first-order valence-electron chi connectivity index (χ1n) is 5.05. The van der Waals surface area contributed by atoms with E-state index >= 15 is 0 Å². The van der Waals surface area contributed by atoms with Gasteiger partial charge in [-0.3, -0.25) is 19.6 Å². The lowest BCUT2D eigenvalue weighted by atomic mass is 10.2. The molecular formula is C10H26N4O. The van der Waals surface area contributed by atoms with Crippen molar-refractivity contribution in [1.82, 2.24) is 19.6 Å². The van der Waals surface area contributed by atoms with Crippen LogP contribution in [0.25, 0.3) is 0 Å². The molecular weight excluding hydrogens is 192 g/mol. The summed E-state index contributed by atoms with van der Waals surface area (Å²) in [6.45, 7) is 0. The number of aliphatic hydroxyl groups is 1. The molecule has 0 saturated carbocycles. The summed E-state index contributed by atoms with van der Waals surface area (Å²) in [6.07, 6.45) is -0.600. The van der Waals surface area contributed by atoms with Crippen LogP contribution in [0.3, 0.4) is 0 Å². The van der Waals surface area contributed by atoms with E-state index in [0.29, 0.717) is 0 Å². The molecule has 15 heavy (non-hydrogen) atoms. The van der Waals surface area contributed by atoms with Crippen molar-refractivity contribution < 1.29 is 5.11 Å².